The Morgan fingerprint density at radius 3 is 2.74 bits per heavy atom. The fourth-order valence-corrected chi connectivity index (χ4v) is 2.36. The molecular formula is C14H15N5O4. The van der Waals surface area contributed by atoms with E-state index in [1.54, 1.807) is 0 Å². The van der Waals surface area contributed by atoms with Crippen molar-refractivity contribution in [1.82, 2.24) is 25.1 Å². The molecule has 3 rings (SSSR count). The van der Waals surface area contributed by atoms with Gasteiger partial charge in [0.05, 0.1) is 25.3 Å². The number of benzene rings is 1. The Hall–Kier alpha value is -2.81. The summed E-state index contributed by atoms with van der Waals surface area (Å²) >= 11 is 0. The van der Waals surface area contributed by atoms with Crippen LogP contribution in [0.5, 0.6) is 0 Å². The number of hydrogen-bond acceptors (Lipinski definition) is 6. The fourth-order valence-electron chi connectivity index (χ4n) is 2.36. The van der Waals surface area contributed by atoms with Gasteiger partial charge in [0.1, 0.15) is 6.33 Å². The topological polar surface area (TPSA) is 110 Å². The van der Waals surface area contributed by atoms with Crippen molar-refractivity contribution in [3.05, 3.63) is 36.2 Å². The van der Waals surface area contributed by atoms with E-state index in [0.717, 1.165) is 11.3 Å². The highest BCUT2D eigenvalue weighted by Crippen LogP contribution is 2.12. The zero-order valence-corrected chi connectivity index (χ0v) is 12.2. The van der Waals surface area contributed by atoms with E-state index < -0.39 is 12.1 Å². The van der Waals surface area contributed by atoms with E-state index in [1.165, 1.54) is 15.9 Å². The summed E-state index contributed by atoms with van der Waals surface area (Å²) < 4.78 is 6.63. The highest BCUT2D eigenvalue weighted by Gasteiger charge is 2.28. The van der Waals surface area contributed by atoms with E-state index in [1.807, 2.05) is 24.3 Å². The molecule has 1 aromatic heterocycles. The molecule has 0 aliphatic carbocycles. The van der Waals surface area contributed by atoms with Crippen LogP contribution in [-0.4, -0.2) is 67.9 Å². The largest absolute Gasteiger partial charge is 0.479 e. The van der Waals surface area contributed by atoms with Crippen molar-refractivity contribution in [2.24, 2.45) is 0 Å². The van der Waals surface area contributed by atoms with Gasteiger partial charge < -0.3 is 14.7 Å². The van der Waals surface area contributed by atoms with Crippen molar-refractivity contribution in [3.63, 3.8) is 0 Å². The lowest BCUT2D eigenvalue weighted by Crippen LogP contribution is -2.49. The molecule has 1 N–H and O–H groups in total. The molecule has 1 aliphatic heterocycles. The maximum atomic E-state index is 12.3. The van der Waals surface area contributed by atoms with Crippen LogP contribution >= 0.6 is 0 Å². The van der Waals surface area contributed by atoms with Crippen LogP contribution in [0.25, 0.3) is 5.69 Å². The fraction of sp³-hybridized carbons (Fsp3) is 0.357. The zero-order chi connectivity index (χ0) is 16.2. The molecule has 1 amide bonds. The SMILES string of the molecule is O=C(O)C1CN(C(=O)Cc2ccc(-n3cnnn3)cc2)CCO1. The highest BCUT2D eigenvalue weighted by molar-refractivity contribution is 5.80. The average Bonchev–Trinajstić information content (AvgIpc) is 3.10. The first-order valence-electron chi connectivity index (χ1n) is 7.08. The van der Waals surface area contributed by atoms with Gasteiger partial charge in [-0.2, -0.15) is 0 Å². The molecule has 0 spiro atoms. The molecule has 0 saturated carbocycles. The van der Waals surface area contributed by atoms with E-state index in [2.05, 4.69) is 15.5 Å². The van der Waals surface area contributed by atoms with Crippen molar-refractivity contribution in [3.8, 4) is 5.69 Å². The Balaban J connectivity index is 1.62. The van der Waals surface area contributed by atoms with Crippen LogP contribution in [-0.2, 0) is 20.7 Å². The minimum Gasteiger partial charge on any atom is -0.479 e. The van der Waals surface area contributed by atoms with Gasteiger partial charge in [0.25, 0.3) is 0 Å². The molecular weight excluding hydrogens is 302 g/mol. The predicted molar refractivity (Wildman–Crippen MR) is 76.8 cm³/mol. The molecule has 2 heterocycles. The molecule has 1 unspecified atom stereocenters. The van der Waals surface area contributed by atoms with E-state index in [0.29, 0.717) is 6.54 Å². The van der Waals surface area contributed by atoms with Crippen molar-refractivity contribution >= 4 is 11.9 Å². The summed E-state index contributed by atoms with van der Waals surface area (Å²) in [5.41, 5.74) is 1.63. The molecule has 1 saturated heterocycles. The first-order valence-corrected chi connectivity index (χ1v) is 7.08. The number of tetrazole rings is 1. The molecule has 1 atom stereocenters. The van der Waals surface area contributed by atoms with Crippen LogP contribution in [0.4, 0.5) is 0 Å². The van der Waals surface area contributed by atoms with Gasteiger partial charge in [-0.15, -0.1) is 5.10 Å². The number of rotatable bonds is 4. The first-order chi connectivity index (χ1) is 11.1. The second-order valence-electron chi connectivity index (χ2n) is 5.14. The molecule has 2 aromatic rings. The number of nitrogens with zero attached hydrogens (tertiary/aromatic N) is 5. The molecule has 9 nitrogen and oxygen atoms in total. The number of ether oxygens (including phenoxy) is 1. The van der Waals surface area contributed by atoms with Gasteiger partial charge in [-0.05, 0) is 28.1 Å². The van der Waals surface area contributed by atoms with Gasteiger partial charge >= 0.3 is 5.97 Å². The minimum atomic E-state index is -1.05. The lowest BCUT2D eigenvalue weighted by molar-refractivity contribution is -0.159. The van der Waals surface area contributed by atoms with Crippen LogP contribution < -0.4 is 0 Å². The van der Waals surface area contributed by atoms with E-state index in [4.69, 9.17) is 9.84 Å². The average molecular weight is 317 g/mol. The number of carboxylic acid groups (broad SMARTS) is 1. The Bertz CT molecular complexity index is 686. The summed E-state index contributed by atoms with van der Waals surface area (Å²) in [6, 6.07) is 7.28. The van der Waals surface area contributed by atoms with Gasteiger partial charge in [0.2, 0.25) is 5.91 Å². The molecule has 0 radical (unpaired) electrons. The molecule has 9 heteroatoms. The molecule has 0 bridgehead atoms. The maximum Gasteiger partial charge on any atom is 0.334 e. The van der Waals surface area contributed by atoms with Crippen molar-refractivity contribution in [1.29, 1.82) is 0 Å². The first kappa shape index (κ1) is 15.1. The van der Waals surface area contributed by atoms with Gasteiger partial charge in [-0.1, -0.05) is 12.1 Å². The zero-order valence-electron chi connectivity index (χ0n) is 12.2. The summed E-state index contributed by atoms with van der Waals surface area (Å²) in [6.45, 7) is 0.725. The number of morpholine rings is 1. The Kier molecular flexibility index (Phi) is 4.29. The minimum absolute atomic E-state index is 0.0802. The summed E-state index contributed by atoms with van der Waals surface area (Å²) in [7, 11) is 0. The van der Waals surface area contributed by atoms with Crippen LogP contribution in [0.1, 0.15) is 5.56 Å². The van der Waals surface area contributed by atoms with Gasteiger partial charge in [-0.25, -0.2) is 9.48 Å². The van der Waals surface area contributed by atoms with E-state index in [9.17, 15) is 9.59 Å². The summed E-state index contributed by atoms with van der Waals surface area (Å²) in [5, 5.41) is 19.9. The van der Waals surface area contributed by atoms with Gasteiger partial charge in [-0.3, -0.25) is 4.79 Å². The Morgan fingerprint density at radius 1 is 1.30 bits per heavy atom. The number of amides is 1. The molecule has 1 aliphatic rings. The number of carbonyl (C=O) groups is 2. The summed E-state index contributed by atoms with van der Waals surface area (Å²) in [5.74, 6) is -1.16. The maximum absolute atomic E-state index is 12.3. The second-order valence-corrected chi connectivity index (χ2v) is 5.14. The molecule has 1 fully saturated rings. The van der Waals surface area contributed by atoms with Crippen molar-refractivity contribution in [2.45, 2.75) is 12.5 Å². The third-order valence-electron chi connectivity index (χ3n) is 3.60. The van der Waals surface area contributed by atoms with Gasteiger partial charge in [0, 0.05) is 6.54 Å². The summed E-state index contributed by atoms with van der Waals surface area (Å²) in [6.07, 6.45) is 0.747. The number of carbonyl (C=O) groups excluding carboxylic acids is 1. The lowest BCUT2D eigenvalue weighted by atomic mass is 10.1. The van der Waals surface area contributed by atoms with Crippen molar-refractivity contribution in [2.75, 3.05) is 19.7 Å². The summed E-state index contributed by atoms with van der Waals surface area (Å²) in [4.78, 5) is 24.8. The highest BCUT2D eigenvalue weighted by atomic mass is 16.5. The third kappa shape index (κ3) is 3.51. The van der Waals surface area contributed by atoms with Crippen LogP contribution in [0.2, 0.25) is 0 Å². The smallest absolute Gasteiger partial charge is 0.334 e. The third-order valence-corrected chi connectivity index (χ3v) is 3.60. The van der Waals surface area contributed by atoms with Crippen LogP contribution in [0, 0.1) is 0 Å². The number of aliphatic carboxylic acids is 1. The quantitative estimate of drug-likeness (QED) is 0.810. The van der Waals surface area contributed by atoms with Gasteiger partial charge in [0.15, 0.2) is 6.10 Å². The normalized spacial score (nSPS) is 17.9. The Morgan fingerprint density at radius 2 is 2.09 bits per heavy atom. The number of aromatic nitrogens is 4. The van der Waals surface area contributed by atoms with Crippen LogP contribution in [0.3, 0.4) is 0 Å². The second kappa shape index (κ2) is 6.53. The number of carboxylic acids is 1. The van der Waals surface area contributed by atoms with E-state index >= 15 is 0 Å². The predicted octanol–water partition coefficient (Wildman–Crippen LogP) is -0.483. The standard InChI is InChI=1S/C14H15N5O4/c20-13(18-5-6-23-12(8-18)14(21)22)7-10-1-3-11(4-2-10)19-9-15-16-17-19/h1-4,9,12H,5-8H2,(H,21,22). The Labute approximate surface area is 131 Å². The number of hydrogen-bond donors (Lipinski definition) is 1. The molecule has 23 heavy (non-hydrogen) atoms. The van der Waals surface area contributed by atoms with Crippen LogP contribution in [0.15, 0.2) is 30.6 Å². The molecule has 120 valence electrons. The lowest BCUT2D eigenvalue weighted by Gasteiger charge is -2.31. The van der Waals surface area contributed by atoms with Crippen molar-refractivity contribution < 1.29 is 19.4 Å². The van der Waals surface area contributed by atoms with E-state index in [-0.39, 0.29) is 25.5 Å². The molecule has 1 aromatic carbocycles. The monoisotopic (exact) mass is 317 g/mol.